The van der Waals surface area contributed by atoms with Gasteiger partial charge in [-0.25, -0.2) is 0 Å². The summed E-state index contributed by atoms with van der Waals surface area (Å²) in [5.74, 6) is 0.348. The molecule has 3 rings (SSSR count). The first-order valence-electron chi connectivity index (χ1n) is 8.26. The molecule has 3 aromatic rings. The van der Waals surface area contributed by atoms with Gasteiger partial charge in [-0.1, -0.05) is 43.3 Å². The molecule has 0 saturated heterocycles. The Bertz CT molecular complexity index is 810. The third-order valence-corrected chi connectivity index (χ3v) is 4.24. The molecule has 0 amide bonds. The van der Waals surface area contributed by atoms with Crippen LogP contribution in [-0.2, 0) is 13.6 Å². The number of hydrogen-bond donors (Lipinski definition) is 2. The predicted molar refractivity (Wildman–Crippen MR) is 96.6 cm³/mol. The second kappa shape index (κ2) is 7.32. The molecule has 1 atom stereocenters. The maximum absolute atomic E-state index is 10.1. The average Bonchev–Trinajstić information content (AvgIpc) is 3.04. The molecule has 24 heavy (non-hydrogen) atoms. The van der Waals surface area contributed by atoms with Crippen molar-refractivity contribution in [3.8, 4) is 16.9 Å². The number of hydrogen-bond acceptors (Lipinski definition) is 3. The first kappa shape index (κ1) is 16.3. The molecule has 0 bridgehead atoms. The van der Waals surface area contributed by atoms with E-state index in [4.69, 9.17) is 0 Å². The van der Waals surface area contributed by atoms with E-state index in [2.05, 4.69) is 41.6 Å². The molecule has 0 saturated carbocycles. The van der Waals surface area contributed by atoms with Crippen molar-refractivity contribution in [3.05, 3.63) is 72.1 Å². The van der Waals surface area contributed by atoms with Crippen LogP contribution in [0, 0.1) is 0 Å². The highest BCUT2D eigenvalue weighted by atomic mass is 16.3. The highest BCUT2D eigenvalue weighted by Gasteiger charge is 2.12. The summed E-state index contributed by atoms with van der Waals surface area (Å²) in [6, 6.07) is 16.1. The van der Waals surface area contributed by atoms with E-state index in [1.165, 1.54) is 5.56 Å². The predicted octanol–water partition coefficient (Wildman–Crippen LogP) is 4.03. The van der Waals surface area contributed by atoms with E-state index >= 15 is 0 Å². The lowest BCUT2D eigenvalue weighted by Crippen LogP contribution is -2.20. The zero-order valence-electron chi connectivity index (χ0n) is 14.1. The van der Waals surface area contributed by atoms with Gasteiger partial charge in [0.2, 0.25) is 0 Å². The standard InChI is InChI=1S/C20H23N3O/c1-3-19(18-9-4-5-10-20(18)24)21-12-15-7-6-8-16(11-15)17-13-22-23(2)14-17/h4-11,13-14,19,21,24H,3,12H2,1-2H3/t19-/m0/s1. The Labute approximate surface area is 142 Å². The third-order valence-electron chi connectivity index (χ3n) is 4.24. The molecule has 2 N–H and O–H groups in total. The van der Waals surface area contributed by atoms with Crippen LogP contribution in [0.3, 0.4) is 0 Å². The van der Waals surface area contributed by atoms with Crippen molar-refractivity contribution in [3.63, 3.8) is 0 Å². The maximum atomic E-state index is 10.1. The van der Waals surface area contributed by atoms with Crippen LogP contribution in [0.1, 0.15) is 30.5 Å². The van der Waals surface area contributed by atoms with Crippen molar-refractivity contribution in [2.24, 2.45) is 7.05 Å². The summed E-state index contributed by atoms with van der Waals surface area (Å²) in [5.41, 5.74) is 4.44. The van der Waals surface area contributed by atoms with Crippen molar-refractivity contribution in [2.45, 2.75) is 25.9 Å². The van der Waals surface area contributed by atoms with Gasteiger partial charge in [0.1, 0.15) is 5.75 Å². The molecule has 0 unspecified atom stereocenters. The van der Waals surface area contributed by atoms with Crippen molar-refractivity contribution in [1.29, 1.82) is 0 Å². The van der Waals surface area contributed by atoms with Crippen LogP contribution < -0.4 is 5.32 Å². The first-order valence-corrected chi connectivity index (χ1v) is 8.26. The van der Waals surface area contributed by atoms with Gasteiger partial charge in [-0.15, -0.1) is 0 Å². The number of benzene rings is 2. The monoisotopic (exact) mass is 321 g/mol. The van der Waals surface area contributed by atoms with Crippen molar-refractivity contribution < 1.29 is 5.11 Å². The summed E-state index contributed by atoms with van der Waals surface area (Å²) < 4.78 is 1.81. The summed E-state index contributed by atoms with van der Waals surface area (Å²) >= 11 is 0. The van der Waals surface area contributed by atoms with Crippen LogP contribution >= 0.6 is 0 Å². The number of aromatic hydroxyl groups is 1. The van der Waals surface area contributed by atoms with Crippen molar-refractivity contribution >= 4 is 0 Å². The van der Waals surface area contributed by atoms with Crippen LogP contribution in [0.4, 0.5) is 0 Å². The van der Waals surface area contributed by atoms with Crippen molar-refractivity contribution in [2.75, 3.05) is 0 Å². The lowest BCUT2D eigenvalue weighted by atomic mass is 10.0. The Hall–Kier alpha value is -2.59. The number of rotatable bonds is 6. The zero-order chi connectivity index (χ0) is 16.9. The third kappa shape index (κ3) is 3.66. The lowest BCUT2D eigenvalue weighted by molar-refractivity contribution is 0.441. The molecule has 4 heteroatoms. The molecule has 0 spiro atoms. The molecule has 0 aliphatic heterocycles. The van der Waals surface area contributed by atoms with E-state index in [9.17, 15) is 5.11 Å². The minimum atomic E-state index is 0.133. The number of aromatic nitrogens is 2. The number of aryl methyl sites for hydroxylation is 1. The second-order valence-electron chi connectivity index (χ2n) is 6.00. The Morgan fingerprint density at radius 3 is 2.67 bits per heavy atom. The number of phenolic OH excluding ortho intramolecular Hbond substituents is 1. The fraction of sp³-hybridized carbons (Fsp3) is 0.250. The average molecular weight is 321 g/mol. The van der Waals surface area contributed by atoms with Gasteiger partial charge in [0.25, 0.3) is 0 Å². The van der Waals surface area contributed by atoms with E-state index in [1.54, 1.807) is 6.07 Å². The van der Waals surface area contributed by atoms with E-state index in [-0.39, 0.29) is 6.04 Å². The van der Waals surface area contributed by atoms with E-state index in [0.717, 1.165) is 29.7 Å². The van der Waals surface area contributed by atoms with Crippen molar-refractivity contribution in [1.82, 2.24) is 15.1 Å². The Morgan fingerprint density at radius 2 is 1.96 bits per heavy atom. The van der Waals surface area contributed by atoms with Crippen LogP contribution in [0.5, 0.6) is 5.75 Å². The van der Waals surface area contributed by atoms with Gasteiger partial charge in [-0.3, -0.25) is 4.68 Å². The Kier molecular flexibility index (Phi) is 4.96. The minimum Gasteiger partial charge on any atom is -0.508 e. The number of nitrogens with zero attached hydrogens (tertiary/aromatic N) is 2. The molecule has 0 fully saturated rings. The van der Waals surface area contributed by atoms with Gasteiger partial charge >= 0.3 is 0 Å². The molecular weight excluding hydrogens is 298 g/mol. The number of para-hydroxylation sites is 1. The summed E-state index contributed by atoms with van der Waals surface area (Å²) in [7, 11) is 1.92. The highest BCUT2D eigenvalue weighted by molar-refractivity contribution is 5.62. The van der Waals surface area contributed by atoms with Gasteiger partial charge < -0.3 is 10.4 Å². The van der Waals surface area contributed by atoms with E-state index < -0.39 is 0 Å². The molecule has 0 aliphatic rings. The SMILES string of the molecule is CC[C@H](NCc1cccc(-c2cnn(C)c2)c1)c1ccccc1O. The molecule has 1 aromatic heterocycles. The summed E-state index contributed by atoms with van der Waals surface area (Å²) in [6.07, 6.45) is 4.81. The summed E-state index contributed by atoms with van der Waals surface area (Å²) in [5, 5.41) is 17.8. The largest absolute Gasteiger partial charge is 0.508 e. The Morgan fingerprint density at radius 1 is 1.12 bits per heavy atom. The second-order valence-corrected chi connectivity index (χ2v) is 6.00. The van der Waals surface area contributed by atoms with Crippen LogP contribution in [0.2, 0.25) is 0 Å². The lowest BCUT2D eigenvalue weighted by Gasteiger charge is -2.19. The van der Waals surface area contributed by atoms with Gasteiger partial charge in [0.05, 0.1) is 6.20 Å². The molecule has 4 nitrogen and oxygen atoms in total. The maximum Gasteiger partial charge on any atom is 0.120 e. The number of nitrogens with one attached hydrogen (secondary N) is 1. The van der Waals surface area contributed by atoms with E-state index in [0.29, 0.717) is 5.75 Å². The van der Waals surface area contributed by atoms with Gasteiger partial charge in [-0.2, -0.15) is 5.10 Å². The van der Waals surface area contributed by atoms with Crippen LogP contribution in [0.15, 0.2) is 60.9 Å². The van der Waals surface area contributed by atoms with Gasteiger partial charge in [-0.05, 0) is 29.7 Å². The molecular formula is C20H23N3O. The topological polar surface area (TPSA) is 50.1 Å². The molecule has 0 aliphatic carbocycles. The first-order chi connectivity index (χ1) is 11.7. The highest BCUT2D eigenvalue weighted by Crippen LogP contribution is 2.26. The number of phenols is 1. The normalized spacial score (nSPS) is 12.2. The quantitative estimate of drug-likeness (QED) is 0.720. The fourth-order valence-corrected chi connectivity index (χ4v) is 2.93. The fourth-order valence-electron chi connectivity index (χ4n) is 2.93. The molecule has 2 aromatic carbocycles. The molecule has 124 valence electrons. The van der Waals surface area contributed by atoms with E-state index in [1.807, 2.05) is 42.3 Å². The van der Waals surface area contributed by atoms with Gasteiger partial charge in [0.15, 0.2) is 0 Å². The van der Waals surface area contributed by atoms with Crippen LogP contribution in [0.25, 0.3) is 11.1 Å². The Balaban J connectivity index is 1.73. The molecule has 1 heterocycles. The zero-order valence-corrected chi connectivity index (χ0v) is 14.1. The summed E-state index contributed by atoms with van der Waals surface area (Å²) in [6.45, 7) is 2.87. The van der Waals surface area contributed by atoms with Gasteiger partial charge in [0, 0.05) is 37.0 Å². The smallest absolute Gasteiger partial charge is 0.120 e. The molecule has 0 radical (unpaired) electrons. The summed E-state index contributed by atoms with van der Waals surface area (Å²) in [4.78, 5) is 0. The van der Waals surface area contributed by atoms with Crippen LogP contribution in [-0.4, -0.2) is 14.9 Å². The minimum absolute atomic E-state index is 0.133.